The fourth-order valence-corrected chi connectivity index (χ4v) is 2.02. The second-order valence-corrected chi connectivity index (χ2v) is 5.30. The van der Waals surface area contributed by atoms with Crippen LogP contribution in [0.25, 0.3) is 0 Å². The fraction of sp³-hybridized carbons (Fsp3) is 1.00. The van der Waals surface area contributed by atoms with E-state index < -0.39 is 45.7 Å². The van der Waals surface area contributed by atoms with Crippen LogP contribution in [0.3, 0.4) is 0 Å². The molecule has 9 heteroatoms. The van der Waals surface area contributed by atoms with E-state index in [0.717, 1.165) is 0 Å². The summed E-state index contributed by atoms with van der Waals surface area (Å²) in [4.78, 5) is 0. The molecule has 14 heavy (non-hydrogen) atoms. The van der Waals surface area contributed by atoms with Gasteiger partial charge in [0.1, 0.15) is 0 Å². The molecule has 0 spiro atoms. The average Bonchev–Trinajstić information content (AvgIpc) is 2.30. The summed E-state index contributed by atoms with van der Waals surface area (Å²) in [7, 11) is 0. The van der Waals surface area contributed by atoms with Crippen molar-refractivity contribution in [2.75, 3.05) is 6.61 Å². The molecular weight excluding hydrogens is 263 g/mol. The van der Waals surface area contributed by atoms with Crippen molar-refractivity contribution in [1.29, 1.82) is 0 Å². The molecule has 0 aliphatic carbocycles. The standard InChI is InChI=1S/C5H11AsO8/c7-1-2-3(8)4(9)5(13-2)14-6(10,11)12/h2-5,7-9H,1H2,(H2,10,11,12)/t2-,3-,4-,5-/m1/s1. The van der Waals surface area contributed by atoms with Gasteiger partial charge in [-0.2, -0.15) is 0 Å². The zero-order chi connectivity index (χ0) is 10.9. The van der Waals surface area contributed by atoms with Crippen molar-refractivity contribution in [1.82, 2.24) is 0 Å². The second-order valence-electron chi connectivity index (χ2n) is 2.80. The van der Waals surface area contributed by atoms with Gasteiger partial charge in [-0.25, -0.2) is 0 Å². The maximum atomic E-state index is 10.4. The molecule has 4 atom stereocenters. The molecule has 0 amide bonds. The Morgan fingerprint density at radius 3 is 2.21 bits per heavy atom. The van der Waals surface area contributed by atoms with Crippen molar-refractivity contribution in [3.63, 3.8) is 0 Å². The van der Waals surface area contributed by atoms with Crippen LogP contribution in [0.2, 0.25) is 0 Å². The van der Waals surface area contributed by atoms with E-state index in [4.69, 9.17) is 18.4 Å². The van der Waals surface area contributed by atoms with Gasteiger partial charge in [0.2, 0.25) is 0 Å². The number of aliphatic hydroxyl groups excluding tert-OH is 3. The van der Waals surface area contributed by atoms with E-state index >= 15 is 0 Å². The van der Waals surface area contributed by atoms with E-state index in [9.17, 15) is 8.85 Å². The van der Waals surface area contributed by atoms with E-state index in [0.29, 0.717) is 0 Å². The summed E-state index contributed by atoms with van der Waals surface area (Å²) in [6.07, 6.45) is -5.72. The van der Waals surface area contributed by atoms with Crippen LogP contribution in [0.4, 0.5) is 0 Å². The first-order chi connectivity index (χ1) is 6.35. The molecule has 1 saturated heterocycles. The molecule has 0 radical (unpaired) electrons. The molecule has 0 unspecified atom stereocenters. The van der Waals surface area contributed by atoms with Crippen LogP contribution in [0, 0.1) is 0 Å². The van der Waals surface area contributed by atoms with Gasteiger partial charge in [-0.05, 0) is 0 Å². The number of hydrogen-bond donors (Lipinski definition) is 5. The van der Waals surface area contributed by atoms with E-state index in [-0.39, 0.29) is 0 Å². The van der Waals surface area contributed by atoms with Gasteiger partial charge in [0.15, 0.2) is 0 Å². The molecule has 0 bridgehead atoms. The summed E-state index contributed by atoms with van der Waals surface area (Å²) >= 11 is -5.38. The Labute approximate surface area is 82.0 Å². The van der Waals surface area contributed by atoms with Crippen LogP contribution >= 0.6 is 0 Å². The Kier molecular flexibility index (Phi) is 3.73. The van der Waals surface area contributed by atoms with Gasteiger partial charge in [-0.1, -0.05) is 0 Å². The predicted octanol–water partition coefficient (Wildman–Crippen LogP) is -3.71. The van der Waals surface area contributed by atoms with E-state index in [1.807, 2.05) is 0 Å². The Morgan fingerprint density at radius 1 is 1.29 bits per heavy atom. The van der Waals surface area contributed by atoms with Gasteiger partial charge in [0, 0.05) is 0 Å². The molecule has 1 heterocycles. The Balaban J connectivity index is 2.61. The molecule has 1 aliphatic rings. The molecule has 0 saturated carbocycles. The van der Waals surface area contributed by atoms with Gasteiger partial charge in [-0.3, -0.25) is 0 Å². The topological polar surface area (TPSA) is 137 Å². The second kappa shape index (κ2) is 4.29. The zero-order valence-electron chi connectivity index (χ0n) is 6.92. The maximum absolute atomic E-state index is 10.4. The van der Waals surface area contributed by atoms with Crippen LogP contribution in [0.15, 0.2) is 0 Å². The van der Waals surface area contributed by atoms with E-state index in [1.54, 1.807) is 0 Å². The first-order valence-electron chi connectivity index (χ1n) is 3.71. The number of hydrogen-bond acceptors (Lipinski definition) is 6. The molecule has 1 fully saturated rings. The first-order valence-corrected chi connectivity index (χ1v) is 6.92. The van der Waals surface area contributed by atoms with Crippen LogP contribution in [0.1, 0.15) is 0 Å². The summed E-state index contributed by atoms with van der Waals surface area (Å²) in [5.41, 5.74) is 0. The number of ether oxygens (including phenoxy) is 1. The molecular formula is C5H11AsO8. The summed E-state index contributed by atoms with van der Waals surface area (Å²) < 4.78 is 36.1. The molecule has 84 valence electrons. The third-order valence-electron chi connectivity index (χ3n) is 1.74. The first kappa shape index (κ1) is 12.1. The van der Waals surface area contributed by atoms with Gasteiger partial charge >= 0.3 is 81.4 Å². The minimum absolute atomic E-state index is 0.577. The van der Waals surface area contributed by atoms with Crippen molar-refractivity contribution >= 4 is 14.5 Å². The van der Waals surface area contributed by atoms with Gasteiger partial charge in [0.05, 0.1) is 0 Å². The molecule has 1 rings (SSSR count). The third-order valence-corrected chi connectivity index (χ3v) is 2.75. The number of rotatable bonds is 3. The van der Waals surface area contributed by atoms with Crippen molar-refractivity contribution in [3.8, 4) is 0 Å². The fourth-order valence-electron chi connectivity index (χ4n) is 1.09. The Morgan fingerprint density at radius 2 is 1.86 bits per heavy atom. The van der Waals surface area contributed by atoms with Gasteiger partial charge in [-0.15, -0.1) is 0 Å². The summed E-state index contributed by atoms with van der Waals surface area (Å²) in [6, 6.07) is 0. The monoisotopic (exact) mass is 274 g/mol. The molecule has 0 aromatic heterocycles. The molecule has 0 aromatic carbocycles. The predicted molar refractivity (Wildman–Crippen MR) is 39.7 cm³/mol. The molecule has 5 N–H and O–H groups in total. The molecule has 0 aromatic rings. The summed E-state index contributed by atoms with van der Waals surface area (Å²) in [5.74, 6) is 0. The SMILES string of the molecule is O=[As](O)(O)O[C@H]1O[C@H](CO)[C@@H](O)[C@H]1O. The van der Waals surface area contributed by atoms with Gasteiger partial charge < -0.3 is 0 Å². The molecule has 1 aliphatic heterocycles. The quantitative estimate of drug-likeness (QED) is 0.331. The number of aliphatic hydroxyl groups is 3. The Hall–Kier alpha value is 0.0784. The third kappa shape index (κ3) is 2.78. The Bertz CT molecular complexity index is 238. The van der Waals surface area contributed by atoms with Crippen molar-refractivity contribution in [3.05, 3.63) is 0 Å². The van der Waals surface area contributed by atoms with Crippen LogP contribution in [0.5, 0.6) is 0 Å². The summed E-state index contributed by atoms with van der Waals surface area (Å²) in [6.45, 7) is -0.577. The van der Waals surface area contributed by atoms with Crippen molar-refractivity contribution in [2.45, 2.75) is 24.6 Å². The van der Waals surface area contributed by atoms with E-state index in [2.05, 4.69) is 8.46 Å². The van der Waals surface area contributed by atoms with Crippen LogP contribution in [-0.4, -0.2) is 69.2 Å². The van der Waals surface area contributed by atoms with Crippen molar-refractivity contribution < 1.29 is 35.7 Å². The minimum atomic E-state index is -5.38. The zero-order valence-corrected chi connectivity index (χ0v) is 8.80. The van der Waals surface area contributed by atoms with E-state index in [1.165, 1.54) is 0 Å². The normalized spacial score (nSPS) is 38.9. The average molecular weight is 274 g/mol. The summed E-state index contributed by atoms with van der Waals surface area (Å²) in [5, 5.41) is 27.0. The molecule has 8 nitrogen and oxygen atoms in total. The van der Waals surface area contributed by atoms with Crippen LogP contribution in [-0.2, 0) is 12.2 Å². The van der Waals surface area contributed by atoms with Crippen LogP contribution < -0.4 is 0 Å². The van der Waals surface area contributed by atoms with Gasteiger partial charge in [0.25, 0.3) is 0 Å². The van der Waals surface area contributed by atoms with Crippen molar-refractivity contribution in [2.24, 2.45) is 0 Å².